The van der Waals surface area contributed by atoms with Crippen molar-refractivity contribution in [3.05, 3.63) is 39.9 Å². The van der Waals surface area contributed by atoms with E-state index in [0.29, 0.717) is 5.56 Å². The minimum atomic E-state index is -1.14. The molecule has 0 heterocycles. The molecule has 0 saturated heterocycles. The zero-order valence-electron chi connectivity index (χ0n) is 8.94. The largest absolute Gasteiger partial charge is 0.478 e. The summed E-state index contributed by atoms with van der Waals surface area (Å²) in [6, 6.07) is 5.74. The van der Waals surface area contributed by atoms with Crippen molar-refractivity contribution in [2.75, 3.05) is 0 Å². The molecule has 1 aromatic rings. The lowest BCUT2D eigenvalue weighted by atomic mass is 10.2. The highest BCUT2D eigenvalue weighted by molar-refractivity contribution is 5.80. The van der Waals surface area contributed by atoms with Crippen LogP contribution in [0.5, 0.6) is 0 Å². The molecule has 0 aliphatic heterocycles. The van der Waals surface area contributed by atoms with Crippen molar-refractivity contribution < 1.29 is 19.7 Å². The number of nitro benzene ring substituents is 1. The molecule has 0 spiro atoms. The van der Waals surface area contributed by atoms with E-state index in [1.54, 1.807) is 6.07 Å². The predicted octanol–water partition coefficient (Wildman–Crippen LogP) is 1.42. The summed E-state index contributed by atoms with van der Waals surface area (Å²) in [5.41, 5.74) is 0.386. The molecule has 1 rings (SSSR count). The summed E-state index contributed by atoms with van der Waals surface area (Å²) in [4.78, 5) is 25.0. The van der Waals surface area contributed by atoms with Gasteiger partial charge in [-0.25, -0.2) is 4.79 Å². The smallest absolute Gasteiger partial charge is 0.347 e. The van der Waals surface area contributed by atoms with Crippen LogP contribution in [0.2, 0.25) is 0 Å². The van der Waals surface area contributed by atoms with Crippen molar-refractivity contribution in [1.29, 1.82) is 0 Å². The molecule has 1 N–H and O–H groups in total. The molecule has 1 aromatic carbocycles. The highest BCUT2D eigenvalue weighted by atomic mass is 16.6. The maximum absolute atomic E-state index is 10.5. The predicted molar refractivity (Wildman–Crippen MR) is 58.9 cm³/mol. The van der Waals surface area contributed by atoms with Crippen LogP contribution in [-0.2, 0) is 9.63 Å². The number of hydrogen-bond donors (Lipinski definition) is 1. The van der Waals surface area contributed by atoms with E-state index in [-0.39, 0.29) is 5.69 Å². The zero-order valence-corrected chi connectivity index (χ0v) is 8.94. The van der Waals surface area contributed by atoms with Crippen LogP contribution in [0.3, 0.4) is 0 Å². The highest BCUT2D eigenvalue weighted by Crippen LogP contribution is 2.11. The molecule has 1 unspecified atom stereocenters. The Morgan fingerprint density at radius 1 is 1.65 bits per heavy atom. The van der Waals surface area contributed by atoms with Gasteiger partial charge >= 0.3 is 5.97 Å². The second kappa shape index (κ2) is 5.59. The Labute approximate surface area is 96.5 Å². The van der Waals surface area contributed by atoms with Crippen LogP contribution in [0.15, 0.2) is 29.4 Å². The average Bonchev–Trinajstić information content (AvgIpc) is 2.29. The molecular weight excluding hydrogens is 228 g/mol. The standard InChI is InChI=1S/C10H10N2O5/c1-7(10(13)14)17-11-6-8-3-2-4-9(5-8)12(15)16/h2-7H,1H3,(H,13,14)/b11-6-. The van der Waals surface area contributed by atoms with Gasteiger partial charge in [-0.05, 0) is 6.92 Å². The quantitative estimate of drug-likeness (QED) is 0.474. The topological polar surface area (TPSA) is 102 Å². The average molecular weight is 238 g/mol. The molecule has 0 fully saturated rings. The number of nitrogens with zero attached hydrogens (tertiary/aromatic N) is 2. The lowest BCUT2D eigenvalue weighted by Crippen LogP contribution is -2.17. The molecule has 17 heavy (non-hydrogen) atoms. The number of carboxylic acid groups (broad SMARTS) is 1. The normalized spacial score (nSPS) is 12.3. The van der Waals surface area contributed by atoms with E-state index in [2.05, 4.69) is 9.99 Å². The van der Waals surface area contributed by atoms with Gasteiger partial charge in [0.05, 0.1) is 11.1 Å². The minimum absolute atomic E-state index is 0.0692. The highest BCUT2D eigenvalue weighted by Gasteiger charge is 2.10. The maximum atomic E-state index is 10.5. The minimum Gasteiger partial charge on any atom is -0.478 e. The van der Waals surface area contributed by atoms with Gasteiger partial charge in [0.25, 0.3) is 5.69 Å². The molecule has 0 aliphatic carbocycles. The van der Waals surface area contributed by atoms with Crippen LogP contribution in [0.4, 0.5) is 5.69 Å². The molecule has 0 aromatic heterocycles. The summed E-state index contributed by atoms with van der Waals surface area (Å²) in [5, 5.41) is 22.4. The van der Waals surface area contributed by atoms with Crippen molar-refractivity contribution >= 4 is 17.9 Å². The number of non-ortho nitro benzene ring substituents is 1. The fraction of sp³-hybridized carbons (Fsp3) is 0.200. The number of rotatable bonds is 5. The fourth-order valence-corrected chi connectivity index (χ4v) is 0.946. The van der Waals surface area contributed by atoms with Gasteiger partial charge in [-0.15, -0.1) is 0 Å². The number of hydrogen-bond acceptors (Lipinski definition) is 5. The van der Waals surface area contributed by atoms with Crippen molar-refractivity contribution in [3.63, 3.8) is 0 Å². The second-order valence-electron chi connectivity index (χ2n) is 3.17. The van der Waals surface area contributed by atoms with Crippen molar-refractivity contribution in [1.82, 2.24) is 0 Å². The Bertz CT molecular complexity index is 458. The first kappa shape index (κ1) is 12.6. The number of oxime groups is 1. The maximum Gasteiger partial charge on any atom is 0.347 e. The summed E-state index contributed by atoms with van der Waals surface area (Å²) in [7, 11) is 0. The summed E-state index contributed by atoms with van der Waals surface area (Å²) in [6.07, 6.45) is 0.150. The lowest BCUT2D eigenvalue weighted by Gasteiger charge is -2.02. The molecule has 90 valence electrons. The molecule has 1 atom stereocenters. The molecule has 0 bridgehead atoms. The van der Waals surface area contributed by atoms with E-state index in [1.165, 1.54) is 31.3 Å². The summed E-state index contributed by atoms with van der Waals surface area (Å²) in [6.45, 7) is 1.33. The summed E-state index contributed by atoms with van der Waals surface area (Å²) in [5.74, 6) is -1.14. The van der Waals surface area contributed by atoms with E-state index in [0.717, 1.165) is 0 Å². The Morgan fingerprint density at radius 2 is 2.35 bits per heavy atom. The Hall–Kier alpha value is -2.44. The Balaban J connectivity index is 2.68. The van der Waals surface area contributed by atoms with Crippen molar-refractivity contribution in [2.24, 2.45) is 5.16 Å². The molecule has 0 aliphatic rings. The van der Waals surface area contributed by atoms with Crippen LogP contribution < -0.4 is 0 Å². The van der Waals surface area contributed by atoms with Gasteiger partial charge in [-0.2, -0.15) is 0 Å². The van der Waals surface area contributed by atoms with E-state index < -0.39 is 17.0 Å². The Kier molecular flexibility index (Phi) is 4.15. The van der Waals surface area contributed by atoms with Gasteiger partial charge in [0.2, 0.25) is 6.10 Å². The fourth-order valence-electron chi connectivity index (χ4n) is 0.946. The first-order valence-electron chi connectivity index (χ1n) is 4.67. The third kappa shape index (κ3) is 3.90. The van der Waals surface area contributed by atoms with E-state index in [9.17, 15) is 14.9 Å². The first-order valence-corrected chi connectivity index (χ1v) is 4.67. The Morgan fingerprint density at radius 3 is 2.94 bits per heavy atom. The van der Waals surface area contributed by atoms with Gasteiger partial charge in [0.1, 0.15) is 0 Å². The molecule has 0 saturated carbocycles. The van der Waals surface area contributed by atoms with Crippen LogP contribution in [0.1, 0.15) is 12.5 Å². The molecular formula is C10H10N2O5. The van der Waals surface area contributed by atoms with Gasteiger partial charge in [-0.1, -0.05) is 17.3 Å². The molecule has 7 heteroatoms. The van der Waals surface area contributed by atoms with E-state index in [4.69, 9.17) is 5.11 Å². The van der Waals surface area contributed by atoms with Gasteiger partial charge in [0, 0.05) is 17.7 Å². The van der Waals surface area contributed by atoms with Gasteiger partial charge in [0.15, 0.2) is 0 Å². The van der Waals surface area contributed by atoms with Crippen LogP contribution in [0.25, 0.3) is 0 Å². The number of carboxylic acids is 1. The number of carbonyl (C=O) groups is 1. The van der Waals surface area contributed by atoms with Crippen LogP contribution in [0, 0.1) is 10.1 Å². The molecule has 7 nitrogen and oxygen atoms in total. The third-order valence-corrected chi connectivity index (χ3v) is 1.85. The monoisotopic (exact) mass is 238 g/mol. The van der Waals surface area contributed by atoms with Gasteiger partial charge < -0.3 is 9.94 Å². The molecule has 0 radical (unpaired) electrons. The lowest BCUT2D eigenvalue weighted by molar-refractivity contribution is -0.384. The number of benzene rings is 1. The first-order chi connectivity index (χ1) is 8.00. The van der Waals surface area contributed by atoms with Crippen LogP contribution in [-0.4, -0.2) is 28.3 Å². The zero-order chi connectivity index (χ0) is 12.8. The summed E-state index contributed by atoms with van der Waals surface area (Å²) < 4.78 is 0. The third-order valence-electron chi connectivity index (χ3n) is 1.85. The van der Waals surface area contributed by atoms with Crippen molar-refractivity contribution in [3.8, 4) is 0 Å². The number of nitro groups is 1. The SMILES string of the molecule is CC(O/N=C\c1cccc([N+](=O)[O-])c1)C(=O)O. The number of aliphatic carboxylic acids is 1. The van der Waals surface area contributed by atoms with Crippen LogP contribution >= 0.6 is 0 Å². The molecule has 0 amide bonds. The van der Waals surface area contributed by atoms with Crippen molar-refractivity contribution in [2.45, 2.75) is 13.0 Å². The van der Waals surface area contributed by atoms with E-state index in [1.807, 2.05) is 0 Å². The summed E-state index contributed by atoms with van der Waals surface area (Å²) >= 11 is 0. The second-order valence-corrected chi connectivity index (χ2v) is 3.17. The van der Waals surface area contributed by atoms with E-state index >= 15 is 0 Å². The van der Waals surface area contributed by atoms with Gasteiger partial charge in [-0.3, -0.25) is 10.1 Å².